The minimum absolute atomic E-state index is 0.000168. The van der Waals surface area contributed by atoms with Gasteiger partial charge in [0.25, 0.3) is 5.91 Å². The van der Waals surface area contributed by atoms with E-state index in [0.717, 1.165) is 61.5 Å². The first-order chi connectivity index (χ1) is 19.4. The zero-order chi connectivity index (χ0) is 28.6. The van der Waals surface area contributed by atoms with Crippen LogP contribution in [0.25, 0.3) is 0 Å². The second kappa shape index (κ2) is 13.5. The molecule has 7 nitrogen and oxygen atoms in total. The van der Waals surface area contributed by atoms with Gasteiger partial charge in [-0.3, -0.25) is 9.89 Å². The third kappa shape index (κ3) is 7.32. The Morgan fingerprint density at radius 3 is 2.40 bits per heavy atom. The van der Waals surface area contributed by atoms with Gasteiger partial charge in [-0.2, -0.15) is 5.10 Å². The number of carbonyl (C=O) groups is 1. The predicted molar refractivity (Wildman–Crippen MR) is 157 cm³/mol. The summed E-state index contributed by atoms with van der Waals surface area (Å²) in [7, 11) is 1.66. The third-order valence-electron chi connectivity index (χ3n) is 7.87. The molecule has 5 rings (SSSR count). The van der Waals surface area contributed by atoms with E-state index in [0.29, 0.717) is 32.0 Å². The summed E-state index contributed by atoms with van der Waals surface area (Å²) in [4.78, 5) is 15.8. The Kier molecular flexibility index (Phi) is 10.0. The molecule has 0 saturated carbocycles. The quantitative estimate of drug-likeness (QED) is 0.344. The van der Waals surface area contributed by atoms with E-state index >= 15 is 0 Å². The largest absolute Gasteiger partial charge is 0.497 e. The molecule has 0 aliphatic carbocycles. The molecule has 1 saturated heterocycles. The number of ether oxygens (including phenoxy) is 3. The number of methoxy groups -OCH3 is 1. The molecule has 1 fully saturated rings. The number of aromatic amines is 1. The molecule has 2 aliphatic heterocycles. The molecule has 1 amide bonds. The number of hydrogen-bond donors (Lipinski definition) is 1. The highest BCUT2D eigenvalue weighted by Gasteiger charge is 2.42. The zero-order valence-corrected chi connectivity index (χ0v) is 24.8. The molecule has 1 spiro atoms. The maximum absolute atomic E-state index is 13.9. The number of benzene rings is 2. The van der Waals surface area contributed by atoms with Crippen LogP contribution in [0.4, 0.5) is 0 Å². The average molecular weight is 548 g/mol. The molecule has 0 unspecified atom stereocenters. The van der Waals surface area contributed by atoms with Crippen molar-refractivity contribution in [2.75, 3.05) is 33.5 Å². The topological polar surface area (TPSA) is 76.7 Å². The molecule has 0 radical (unpaired) electrons. The van der Waals surface area contributed by atoms with Crippen LogP contribution in [0.3, 0.4) is 0 Å². The van der Waals surface area contributed by atoms with Crippen LogP contribution in [0.5, 0.6) is 5.75 Å². The number of fused-ring (bicyclic) bond motifs is 1. The molecular weight excluding hydrogens is 502 g/mol. The van der Waals surface area contributed by atoms with Crippen molar-refractivity contribution in [3.8, 4) is 5.75 Å². The number of H-pyrrole nitrogens is 1. The van der Waals surface area contributed by atoms with E-state index in [1.54, 1.807) is 7.11 Å². The summed E-state index contributed by atoms with van der Waals surface area (Å²) in [6.07, 6.45) is 3.48. The fourth-order valence-electron chi connectivity index (χ4n) is 5.74. The van der Waals surface area contributed by atoms with Gasteiger partial charge in [0.2, 0.25) is 0 Å². The molecule has 216 valence electrons. The monoisotopic (exact) mass is 547 g/mol. The lowest BCUT2D eigenvalue weighted by molar-refractivity contribution is -0.00212. The highest BCUT2D eigenvalue weighted by molar-refractivity contribution is 5.94. The summed E-state index contributed by atoms with van der Waals surface area (Å²) in [6, 6.07) is 18.2. The van der Waals surface area contributed by atoms with Crippen LogP contribution in [-0.2, 0) is 35.5 Å². The van der Waals surface area contributed by atoms with E-state index in [1.807, 2.05) is 61.2 Å². The summed E-state index contributed by atoms with van der Waals surface area (Å²) >= 11 is 0. The lowest BCUT2D eigenvalue weighted by atomic mass is 9.74. The second-order valence-electron chi connectivity index (χ2n) is 11.6. The van der Waals surface area contributed by atoms with E-state index in [2.05, 4.69) is 36.2 Å². The Labute approximate surface area is 239 Å². The fourth-order valence-corrected chi connectivity index (χ4v) is 5.74. The minimum Gasteiger partial charge on any atom is -0.497 e. The maximum atomic E-state index is 13.9. The third-order valence-corrected chi connectivity index (χ3v) is 7.87. The van der Waals surface area contributed by atoms with Crippen molar-refractivity contribution in [3.05, 3.63) is 82.7 Å². The number of rotatable bonds is 9. The molecule has 3 aromatic rings. The number of aromatic nitrogens is 2. The van der Waals surface area contributed by atoms with Crippen LogP contribution in [0.15, 0.2) is 54.6 Å². The lowest BCUT2D eigenvalue weighted by Crippen LogP contribution is -2.43. The maximum Gasteiger partial charge on any atom is 0.274 e. The Morgan fingerprint density at radius 1 is 1.02 bits per heavy atom. The van der Waals surface area contributed by atoms with Crippen molar-refractivity contribution in [2.45, 2.75) is 66.5 Å². The number of amides is 1. The highest BCUT2D eigenvalue weighted by atomic mass is 16.5. The van der Waals surface area contributed by atoms with Crippen LogP contribution < -0.4 is 4.74 Å². The predicted octanol–water partition coefficient (Wildman–Crippen LogP) is 6.23. The molecule has 40 heavy (non-hydrogen) atoms. The molecule has 0 bridgehead atoms. The normalized spacial score (nSPS) is 16.6. The average Bonchev–Trinajstić information content (AvgIpc) is 3.30. The molecule has 1 aromatic heterocycles. The summed E-state index contributed by atoms with van der Waals surface area (Å²) < 4.78 is 17.2. The molecule has 2 aromatic carbocycles. The van der Waals surface area contributed by atoms with E-state index in [1.165, 1.54) is 5.56 Å². The highest BCUT2D eigenvalue weighted by Crippen LogP contribution is 2.41. The standard InChI is InChI=1S/C31H39N3O4.C2H6/c1-30(2,22-38-20-24-7-5-4-6-8-24)18-27-26-17-31(13-15-37-16-14-31)21-34(29(35)28(26)33-32-27)19-23-9-11-25(36-3)12-10-23;1-2/h4-12H,13-22H2,1-3H3,(H,32,33);1-2H3. The minimum atomic E-state index is -0.115. The van der Waals surface area contributed by atoms with Gasteiger partial charge in [0.15, 0.2) is 5.69 Å². The van der Waals surface area contributed by atoms with Crippen molar-refractivity contribution >= 4 is 5.91 Å². The lowest BCUT2D eigenvalue weighted by Gasteiger charge is -2.39. The molecule has 3 heterocycles. The van der Waals surface area contributed by atoms with E-state index in [4.69, 9.17) is 14.2 Å². The SMILES string of the molecule is CC.COc1ccc(CN2CC3(CCOCC3)Cc3c(n[nH]c3CC(C)(C)COCc3ccccc3)C2=O)cc1. The van der Waals surface area contributed by atoms with Gasteiger partial charge in [-0.15, -0.1) is 0 Å². The van der Waals surface area contributed by atoms with Crippen molar-refractivity contribution in [1.29, 1.82) is 0 Å². The number of nitrogens with one attached hydrogen (secondary N) is 1. The Morgan fingerprint density at radius 2 is 1.73 bits per heavy atom. The van der Waals surface area contributed by atoms with Gasteiger partial charge >= 0.3 is 0 Å². The smallest absolute Gasteiger partial charge is 0.274 e. The van der Waals surface area contributed by atoms with Gasteiger partial charge < -0.3 is 19.1 Å². The fraction of sp³-hybridized carbons (Fsp3) is 0.515. The molecule has 2 aliphatic rings. The van der Waals surface area contributed by atoms with Crippen LogP contribution in [-0.4, -0.2) is 54.5 Å². The number of hydrogen-bond acceptors (Lipinski definition) is 5. The van der Waals surface area contributed by atoms with Crippen LogP contribution >= 0.6 is 0 Å². The van der Waals surface area contributed by atoms with E-state index < -0.39 is 0 Å². The van der Waals surface area contributed by atoms with Crippen molar-refractivity contribution in [1.82, 2.24) is 15.1 Å². The van der Waals surface area contributed by atoms with Gasteiger partial charge in [0, 0.05) is 37.6 Å². The first-order valence-electron chi connectivity index (χ1n) is 14.5. The van der Waals surface area contributed by atoms with Gasteiger partial charge in [0.1, 0.15) is 5.75 Å². The zero-order valence-electron chi connectivity index (χ0n) is 24.8. The van der Waals surface area contributed by atoms with E-state index in [9.17, 15) is 4.79 Å². The Hall–Kier alpha value is -3.16. The second-order valence-corrected chi connectivity index (χ2v) is 11.6. The molecule has 1 N–H and O–H groups in total. The summed E-state index contributed by atoms with van der Waals surface area (Å²) in [5, 5.41) is 7.86. The summed E-state index contributed by atoms with van der Waals surface area (Å²) in [6.45, 7) is 12.3. The van der Waals surface area contributed by atoms with Crippen LogP contribution in [0.1, 0.15) is 73.4 Å². The van der Waals surface area contributed by atoms with Gasteiger partial charge in [-0.1, -0.05) is 70.2 Å². The van der Waals surface area contributed by atoms with Crippen molar-refractivity contribution < 1.29 is 19.0 Å². The summed E-state index contributed by atoms with van der Waals surface area (Å²) in [5.41, 5.74) is 4.82. The van der Waals surface area contributed by atoms with Crippen LogP contribution in [0, 0.1) is 10.8 Å². The number of carbonyl (C=O) groups excluding carboxylic acids is 1. The first-order valence-corrected chi connectivity index (χ1v) is 14.5. The number of nitrogens with zero attached hydrogens (tertiary/aromatic N) is 2. The molecular formula is C33H45N3O4. The van der Waals surface area contributed by atoms with Crippen molar-refractivity contribution in [3.63, 3.8) is 0 Å². The Balaban J connectivity index is 0.00000181. The Bertz CT molecular complexity index is 1210. The molecule has 0 atom stereocenters. The van der Waals surface area contributed by atoms with Crippen LogP contribution in [0.2, 0.25) is 0 Å². The molecule has 7 heteroatoms. The first kappa shape index (κ1) is 29.8. The van der Waals surface area contributed by atoms with Crippen molar-refractivity contribution in [2.24, 2.45) is 10.8 Å². The van der Waals surface area contributed by atoms with E-state index in [-0.39, 0.29) is 16.7 Å². The van der Waals surface area contributed by atoms with Gasteiger partial charge in [-0.05, 0) is 59.8 Å². The van der Waals surface area contributed by atoms with Gasteiger partial charge in [-0.25, -0.2) is 0 Å². The summed E-state index contributed by atoms with van der Waals surface area (Å²) in [5.74, 6) is 0.811. The van der Waals surface area contributed by atoms with Gasteiger partial charge in [0.05, 0.1) is 20.3 Å².